The van der Waals surface area contributed by atoms with Gasteiger partial charge in [-0.05, 0) is 70.4 Å². The van der Waals surface area contributed by atoms with Crippen molar-refractivity contribution in [2.45, 2.75) is 53.0 Å². The lowest BCUT2D eigenvalue weighted by Crippen LogP contribution is -2.30. The molecular formula is C21H27N3O2. The molecule has 2 aromatic rings. The van der Waals surface area contributed by atoms with E-state index in [0.717, 1.165) is 42.0 Å². The van der Waals surface area contributed by atoms with E-state index in [-0.39, 0.29) is 11.7 Å². The molecule has 2 N–H and O–H groups in total. The van der Waals surface area contributed by atoms with Gasteiger partial charge in [-0.3, -0.25) is 9.59 Å². The Labute approximate surface area is 154 Å². The molecule has 0 aliphatic heterocycles. The topological polar surface area (TPSA) is 65.2 Å². The summed E-state index contributed by atoms with van der Waals surface area (Å²) in [4.78, 5) is 30.3. The van der Waals surface area contributed by atoms with Gasteiger partial charge in [-0.15, -0.1) is 0 Å². The molecular weight excluding hydrogens is 326 g/mol. The summed E-state index contributed by atoms with van der Waals surface area (Å²) in [5.74, 6) is -0.0644. The number of carbonyl (C=O) groups is 2. The Morgan fingerprint density at radius 3 is 2.50 bits per heavy atom. The van der Waals surface area contributed by atoms with Crippen LogP contribution in [0.15, 0.2) is 24.3 Å². The smallest absolute Gasteiger partial charge is 0.272 e. The van der Waals surface area contributed by atoms with Crippen molar-refractivity contribution in [3.05, 3.63) is 46.8 Å². The summed E-state index contributed by atoms with van der Waals surface area (Å²) >= 11 is 0. The Bertz CT molecular complexity index is 819. The minimum Gasteiger partial charge on any atom is -0.369 e. The van der Waals surface area contributed by atoms with Crippen LogP contribution in [0.4, 0.5) is 11.4 Å². The summed E-state index contributed by atoms with van der Waals surface area (Å²) in [6, 6.07) is 8.30. The molecule has 0 radical (unpaired) electrons. The molecule has 5 nitrogen and oxygen atoms in total. The average Bonchev–Trinajstić information content (AvgIpc) is 2.95. The number of carbonyl (C=O) groups excluding carboxylic acids is 2. The highest BCUT2D eigenvalue weighted by atomic mass is 16.2. The number of rotatable bonds is 5. The maximum atomic E-state index is 12.7. The number of aromatic nitrogens is 1. The standard InChI is InChI=1S/C21H27N3O2/c1-5-24(13(2)3)16-11-9-15(10-12-16)22-21(26)20-14(4)19-17(23-20)7-6-8-18(19)25/h9-13,23H,5-8H2,1-4H3,(H,22,26). The number of nitrogens with zero attached hydrogens (tertiary/aromatic N) is 1. The van der Waals surface area contributed by atoms with E-state index in [1.807, 2.05) is 31.2 Å². The number of nitrogens with one attached hydrogen (secondary N) is 2. The summed E-state index contributed by atoms with van der Waals surface area (Å²) < 4.78 is 0. The van der Waals surface area contributed by atoms with Gasteiger partial charge in [0.15, 0.2) is 5.78 Å². The Hall–Kier alpha value is -2.56. The maximum absolute atomic E-state index is 12.7. The number of benzene rings is 1. The zero-order chi connectivity index (χ0) is 18.8. The number of anilines is 2. The van der Waals surface area contributed by atoms with Crippen LogP contribution in [0.25, 0.3) is 0 Å². The number of aromatic amines is 1. The van der Waals surface area contributed by atoms with Crippen LogP contribution < -0.4 is 10.2 Å². The number of hydrogen-bond acceptors (Lipinski definition) is 3. The van der Waals surface area contributed by atoms with E-state index in [1.165, 1.54) is 0 Å². The zero-order valence-electron chi connectivity index (χ0n) is 16.0. The summed E-state index contributed by atoms with van der Waals surface area (Å²) in [6.07, 6.45) is 2.24. The first kappa shape index (κ1) is 18.2. The second-order valence-corrected chi connectivity index (χ2v) is 7.14. The van der Waals surface area contributed by atoms with Gasteiger partial charge in [-0.25, -0.2) is 0 Å². The van der Waals surface area contributed by atoms with Crippen molar-refractivity contribution in [2.24, 2.45) is 0 Å². The fourth-order valence-electron chi connectivity index (χ4n) is 3.78. The van der Waals surface area contributed by atoms with Crippen LogP contribution in [-0.2, 0) is 6.42 Å². The zero-order valence-corrected chi connectivity index (χ0v) is 16.0. The van der Waals surface area contributed by atoms with Gasteiger partial charge in [0.2, 0.25) is 0 Å². The second-order valence-electron chi connectivity index (χ2n) is 7.14. The number of H-pyrrole nitrogens is 1. The van der Waals surface area contributed by atoms with Crippen molar-refractivity contribution in [1.29, 1.82) is 0 Å². The Morgan fingerprint density at radius 1 is 1.23 bits per heavy atom. The molecule has 0 spiro atoms. The van der Waals surface area contributed by atoms with Crippen LogP contribution in [0.2, 0.25) is 0 Å². The molecule has 1 amide bonds. The third-order valence-electron chi connectivity index (χ3n) is 5.09. The molecule has 1 aliphatic rings. The number of aryl methyl sites for hydroxylation is 1. The highest BCUT2D eigenvalue weighted by molar-refractivity contribution is 6.08. The van der Waals surface area contributed by atoms with E-state index in [2.05, 4.69) is 36.0 Å². The van der Waals surface area contributed by atoms with Gasteiger partial charge in [-0.2, -0.15) is 0 Å². The molecule has 3 rings (SSSR count). The quantitative estimate of drug-likeness (QED) is 0.841. The minimum absolute atomic E-state index is 0.136. The monoisotopic (exact) mass is 353 g/mol. The van der Waals surface area contributed by atoms with Gasteiger partial charge >= 0.3 is 0 Å². The molecule has 0 atom stereocenters. The highest BCUT2D eigenvalue weighted by Gasteiger charge is 2.26. The molecule has 5 heteroatoms. The van der Waals surface area contributed by atoms with Crippen LogP contribution in [-0.4, -0.2) is 29.3 Å². The highest BCUT2D eigenvalue weighted by Crippen LogP contribution is 2.27. The SMILES string of the molecule is CCN(c1ccc(NC(=O)c2[nH]c3c(c2C)C(=O)CCC3)cc1)C(C)C. The fraction of sp³-hybridized carbons (Fsp3) is 0.429. The number of amides is 1. The van der Waals surface area contributed by atoms with Gasteiger partial charge in [0.05, 0.1) is 0 Å². The van der Waals surface area contributed by atoms with Gasteiger partial charge in [0, 0.05) is 41.6 Å². The largest absolute Gasteiger partial charge is 0.369 e. The average molecular weight is 353 g/mol. The van der Waals surface area contributed by atoms with Crippen LogP contribution in [0.5, 0.6) is 0 Å². The van der Waals surface area contributed by atoms with Gasteiger partial charge < -0.3 is 15.2 Å². The van der Waals surface area contributed by atoms with Gasteiger partial charge in [-0.1, -0.05) is 0 Å². The number of hydrogen-bond donors (Lipinski definition) is 2. The van der Waals surface area contributed by atoms with E-state index >= 15 is 0 Å². The summed E-state index contributed by atoms with van der Waals surface area (Å²) in [5.41, 5.74) is 4.75. The molecule has 1 heterocycles. The van der Waals surface area contributed by atoms with Crippen molar-refractivity contribution in [1.82, 2.24) is 4.98 Å². The summed E-state index contributed by atoms with van der Waals surface area (Å²) in [5, 5.41) is 2.94. The van der Waals surface area contributed by atoms with E-state index in [1.54, 1.807) is 0 Å². The predicted molar refractivity (Wildman–Crippen MR) is 105 cm³/mol. The Kier molecular flexibility index (Phi) is 5.16. The van der Waals surface area contributed by atoms with E-state index in [4.69, 9.17) is 0 Å². The number of ketones is 1. The third kappa shape index (κ3) is 3.39. The molecule has 0 unspecified atom stereocenters. The van der Waals surface area contributed by atoms with Crippen LogP contribution in [0, 0.1) is 6.92 Å². The maximum Gasteiger partial charge on any atom is 0.272 e. The molecule has 0 fully saturated rings. The summed E-state index contributed by atoms with van der Waals surface area (Å²) in [6.45, 7) is 9.24. The first-order valence-corrected chi connectivity index (χ1v) is 9.35. The van der Waals surface area contributed by atoms with E-state index in [9.17, 15) is 9.59 Å². The molecule has 1 aliphatic carbocycles. The molecule has 0 saturated heterocycles. The molecule has 0 bridgehead atoms. The van der Waals surface area contributed by atoms with Crippen molar-refractivity contribution in [2.75, 3.05) is 16.8 Å². The van der Waals surface area contributed by atoms with Crippen LogP contribution >= 0.6 is 0 Å². The Balaban J connectivity index is 1.78. The molecule has 26 heavy (non-hydrogen) atoms. The predicted octanol–water partition coefficient (Wildman–Crippen LogP) is 4.33. The van der Waals surface area contributed by atoms with Crippen molar-refractivity contribution in [3.8, 4) is 0 Å². The normalized spacial score (nSPS) is 13.7. The number of Topliss-reactive ketones (excluding diaryl/α,β-unsaturated/α-hetero) is 1. The molecule has 0 saturated carbocycles. The van der Waals surface area contributed by atoms with Crippen LogP contribution in [0.1, 0.15) is 65.7 Å². The first-order valence-electron chi connectivity index (χ1n) is 9.35. The first-order chi connectivity index (χ1) is 12.4. The van der Waals surface area contributed by atoms with Crippen LogP contribution in [0.3, 0.4) is 0 Å². The minimum atomic E-state index is -0.200. The molecule has 1 aromatic heterocycles. The lowest BCUT2D eigenvalue weighted by molar-refractivity contribution is 0.0971. The molecule has 138 valence electrons. The van der Waals surface area contributed by atoms with Gasteiger partial charge in [0.1, 0.15) is 5.69 Å². The fourth-order valence-corrected chi connectivity index (χ4v) is 3.78. The summed E-state index contributed by atoms with van der Waals surface area (Å²) in [7, 11) is 0. The lowest BCUT2D eigenvalue weighted by Gasteiger charge is -2.27. The van der Waals surface area contributed by atoms with E-state index in [0.29, 0.717) is 23.7 Å². The van der Waals surface area contributed by atoms with E-state index < -0.39 is 0 Å². The van der Waals surface area contributed by atoms with Crippen molar-refractivity contribution in [3.63, 3.8) is 0 Å². The third-order valence-corrected chi connectivity index (χ3v) is 5.09. The molecule has 1 aromatic carbocycles. The Morgan fingerprint density at radius 2 is 1.92 bits per heavy atom. The number of fused-ring (bicyclic) bond motifs is 1. The second kappa shape index (κ2) is 7.36. The van der Waals surface area contributed by atoms with Gasteiger partial charge in [0.25, 0.3) is 5.91 Å². The van der Waals surface area contributed by atoms with Crippen molar-refractivity contribution < 1.29 is 9.59 Å². The van der Waals surface area contributed by atoms with Crippen molar-refractivity contribution >= 4 is 23.1 Å². The lowest BCUT2D eigenvalue weighted by atomic mass is 9.94.